The van der Waals surface area contributed by atoms with Gasteiger partial charge in [-0.2, -0.15) is 0 Å². The van der Waals surface area contributed by atoms with Crippen molar-refractivity contribution in [3.05, 3.63) is 77.4 Å². The molecule has 6 heteroatoms. The van der Waals surface area contributed by atoms with Crippen LogP contribution < -0.4 is 9.47 Å². The fourth-order valence-corrected chi connectivity index (χ4v) is 4.20. The van der Waals surface area contributed by atoms with E-state index >= 15 is 0 Å². The number of hydrogen-bond donors (Lipinski definition) is 1. The van der Waals surface area contributed by atoms with Crippen LogP contribution in [0.15, 0.2) is 55.1 Å². The van der Waals surface area contributed by atoms with Crippen LogP contribution in [0, 0.1) is 13.8 Å². The number of ether oxygens (including phenoxy) is 3. The minimum atomic E-state index is -1.31. The van der Waals surface area contributed by atoms with E-state index in [0.29, 0.717) is 24.8 Å². The van der Waals surface area contributed by atoms with Gasteiger partial charge in [0, 0.05) is 23.8 Å². The molecule has 0 radical (unpaired) electrons. The number of fused-ring (bicyclic) bond motifs is 1. The fourth-order valence-electron chi connectivity index (χ4n) is 4.20. The Morgan fingerprint density at radius 3 is 2.47 bits per heavy atom. The smallest absolute Gasteiger partial charge is 0.347 e. The molecule has 1 aliphatic heterocycles. The summed E-state index contributed by atoms with van der Waals surface area (Å²) in [6, 6.07) is 14.0. The van der Waals surface area contributed by atoms with E-state index in [0.717, 1.165) is 51.6 Å². The summed E-state index contributed by atoms with van der Waals surface area (Å²) in [5.41, 5.74) is 3.91. The van der Waals surface area contributed by atoms with Crippen molar-refractivity contribution in [1.29, 1.82) is 0 Å². The number of carboxylic acids is 1. The molecule has 4 rings (SSSR count). The van der Waals surface area contributed by atoms with Crippen LogP contribution in [0.25, 0.3) is 22.6 Å². The number of aromatic nitrogens is 1. The Balaban J connectivity index is 1.61. The maximum Gasteiger partial charge on any atom is 0.347 e. The molecule has 188 valence electrons. The standard InChI is InChI=1S/C30H33NO5/c1-19(10-11-22-16-20(2)27(21(3)17-22)36-30(4,5)29(32)33)25-18-23-8-6-7-9-26(23)31-28(25)35-24-12-14-34-15-13-24/h6-11,16-18,24H,1,12-15H2,2-5H3,(H,32,33)/b11-10+. The van der Waals surface area contributed by atoms with E-state index in [9.17, 15) is 9.90 Å². The van der Waals surface area contributed by atoms with Crippen LogP contribution >= 0.6 is 0 Å². The van der Waals surface area contributed by atoms with E-state index in [1.807, 2.05) is 62.4 Å². The molecule has 1 N–H and O–H groups in total. The highest BCUT2D eigenvalue weighted by Gasteiger charge is 2.30. The Kier molecular flexibility index (Phi) is 7.45. The number of nitrogens with zero attached hydrogens (tertiary/aromatic N) is 1. The Hall–Kier alpha value is -3.64. The lowest BCUT2D eigenvalue weighted by molar-refractivity contribution is -0.152. The molecule has 3 aromatic rings. The molecule has 2 aromatic carbocycles. The van der Waals surface area contributed by atoms with Gasteiger partial charge in [-0.15, -0.1) is 0 Å². The van der Waals surface area contributed by atoms with Gasteiger partial charge in [0.25, 0.3) is 0 Å². The Bertz CT molecular complexity index is 1300. The molecule has 0 unspecified atom stereocenters. The third-order valence-corrected chi connectivity index (χ3v) is 6.31. The van der Waals surface area contributed by atoms with Crippen molar-refractivity contribution in [3.63, 3.8) is 0 Å². The Morgan fingerprint density at radius 2 is 1.81 bits per heavy atom. The van der Waals surface area contributed by atoms with Crippen LogP contribution in [0.5, 0.6) is 11.6 Å². The van der Waals surface area contributed by atoms with Gasteiger partial charge in [0.2, 0.25) is 5.88 Å². The summed E-state index contributed by atoms with van der Waals surface area (Å²) >= 11 is 0. The predicted octanol–water partition coefficient (Wildman–Crippen LogP) is 6.38. The molecule has 1 fully saturated rings. The molecule has 2 heterocycles. The summed E-state index contributed by atoms with van der Waals surface area (Å²) < 4.78 is 17.6. The Labute approximate surface area is 212 Å². The van der Waals surface area contributed by atoms with Gasteiger partial charge in [-0.05, 0) is 74.2 Å². The first-order valence-electron chi connectivity index (χ1n) is 12.2. The van der Waals surface area contributed by atoms with E-state index in [4.69, 9.17) is 19.2 Å². The van der Waals surface area contributed by atoms with E-state index in [1.54, 1.807) is 13.8 Å². The molecular formula is C30H33NO5. The van der Waals surface area contributed by atoms with Crippen molar-refractivity contribution < 1.29 is 24.1 Å². The zero-order valence-corrected chi connectivity index (χ0v) is 21.3. The minimum Gasteiger partial charge on any atom is -0.478 e. The first-order chi connectivity index (χ1) is 17.1. The van der Waals surface area contributed by atoms with E-state index in [1.165, 1.54) is 0 Å². The number of benzene rings is 2. The zero-order chi connectivity index (χ0) is 25.9. The van der Waals surface area contributed by atoms with Crippen LogP contribution in [0.2, 0.25) is 0 Å². The topological polar surface area (TPSA) is 77.9 Å². The lowest BCUT2D eigenvalue weighted by atomic mass is 10.0. The van der Waals surface area contributed by atoms with Gasteiger partial charge in [0.1, 0.15) is 11.9 Å². The van der Waals surface area contributed by atoms with Gasteiger partial charge in [0.15, 0.2) is 5.60 Å². The molecule has 0 aliphatic carbocycles. The Morgan fingerprint density at radius 1 is 1.14 bits per heavy atom. The molecule has 1 aromatic heterocycles. The lowest BCUT2D eigenvalue weighted by Gasteiger charge is -2.24. The number of pyridine rings is 1. The summed E-state index contributed by atoms with van der Waals surface area (Å²) in [5.74, 6) is 0.163. The molecule has 6 nitrogen and oxygen atoms in total. The SMILES string of the molecule is C=C(/C=C/c1cc(C)c(OC(C)(C)C(=O)O)c(C)c1)c1cc2ccccc2nc1OC1CCOCC1. The summed E-state index contributed by atoms with van der Waals surface area (Å²) in [4.78, 5) is 16.3. The van der Waals surface area contributed by atoms with Gasteiger partial charge >= 0.3 is 5.97 Å². The van der Waals surface area contributed by atoms with E-state index in [-0.39, 0.29) is 6.10 Å². The normalized spacial score (nSPS) is 14.8. The molecule has 0 atom stereocenters. The second-order valence-corrected chi connectivity index (χ2v) is 9.72. The van der Waals surface area contributed by atoms with Crippen LogP contribution in [0.1, 0.15) is 48.9 Å². The lowest BCUT2D eigenvalue weighted by Crippen LogP contribution is -2.38. The number of aliphatic carboxylic acids is 1. The minimum absolute atomic E-state index is 0.0656. The quantitative estimate of drug-likeness (QED) is 0.372. The maximum absolute atomic E-state index is 11.5. The number of hydrogen-bond acceptors (Lipinski definition) is 5. The third kappa shape index (κ3) is 5.77. The van der Waals surface area contributed by atoms with Gasteiger partial charge in [-0.1, -0.05) is 36.9 Å². The van der Waals surface area contributed by atoms with Gasteiger partial charge in [-0.3, -0.25) is 0 Å². The average molecular weight is 488 g/mol. The van der Waals surface area contributed by atoms with Crippen molar-refractivity contribution in [1.82, 2.24) is 4.98 Å². The summed E-state index contributed by atoms with van der Waals surface area (Å²) in [6.45, 7) is 12.6. The average Bonchev–Trinajstić information content (AvgIpc) is 2.85. The number of carboxylic acid groups (broad SMARTS) is 1. The van der Waals surface area contributed by atoms with Crippen molar-refractivity contribution >= 4 is 28.5 Å². The van der Waals surface area contributed by atoms with Gasteiger partial charge in [0.05, 0.1) is 18.7 Å². The third-order valence-electron chi connectivity index (χ3n) is 6.31. The predicted molar refractivity (Wildman–Crippen MR) is 143 cm³/mol. The van der Waals surface area contributed by atoms with Gasteiger partial charge in [-0.25, -0.2) is 9.78 Å². The number of rotatable bonds is 8. The first kappa shape index (κ1) is 25.5. The van der Waals surface area contributed by atoms with Crippen molar-refractivity contribution in [2.45, 2.75) is 52.2 Å². The van der Waals surface area contributed by atoms with E-state index < -0.39 is 11.6 Å². The number of allylic oxidation sites excluding steroid dienone is 2. The van der Waals surface area contributed by atoms with Crippen LogP contribution in [0.3, 0.4) is 0 Å². The zero-order valence-electron chi connectivity index (χ0n) is 21.3. The molecular weight excluding hydrogens is 454 g/mol. The molecule has 1 aliphatic rings. The second-order valence-electron chi connectivity index (χ2n) is 9.72. The highest BCUT2D eigenvalue weighted by atomic mass is 16.5. The maximum atomic E-state index is 11.5. The molecule has 36 heavy (non-hydrogen) atoms. The van der Waals surface area contributed by atoms with Gasteiger partial charge < -0.3 is 19.3 Å². The first-order valence-corrected chi connectivity index (χ1v) is 12.2. The highest BCUT2D eigenvalue weighted by Crippen LogP contribution is 2.32. The summed E-state index contributed by atoms with van der Waals surface area (Å²) in [6.07, 6.45) is 5.68. The number of aryl methyl sites for hydroxylation is 2. The second kappa shape index (κ2) is 10.5. The largest absolute Gasteiger partial charge is 0.478 e. The fraction of sp³-hybridized carbons (Fsp3) is 0.333. The molecule has 0 saturated carbocycles. The van der Waals surface area contributed by atoms with Crippen LogP contribution in [-0.2, 0) is 9.53 Å². The van der Waals surface area contributed by atoms with Crippen LogP contribution in [0.4, 0.5) is 0 Å². The number of para-hydroxylation sites is 1. The molecule has 0 amide bonds. The van der Waals surface area contributed by atoms with Crippen LogP contribution in [-0.4, -0.2) is 41.0 Å². The van der Waals surface area contributed by atoms with Crippen molar-refractivity contribution in [3.8, 4) is 11.6 Å². The van der Waals surface area contributed by atoms with Crippen molar-refractivity contribution in [2.75, 3.05) is 13.2 Å². The highest BCUT2D eigenvalue weighted by molar-refractivity contribution is 5.88. The molecule has 0 spiro atoms. The molecule has 1 saturated heterocycles. The van der Waals surface area contributed by atoms with Crippen molar-refractivity contribution in [2.24, 2.45) is 0 Å². The molecule has 0 bridgehead atoms. The monoisotopic (exact) mass is 487 g/mol. The summed E-state index contributed by atoms with van der Waals surface area (Å²) in [5, 5.41) is 10.4. The number of carbonyl (C=O) groups is 1. The van der Waals surface area contributed by atoms with E-state index in [2.05, 4.69) is 12.6 Å². The summed E-state index contributed by atoms with van der Waals surface area (Å²) in [7, 11) is 0.